The van der Waals surface area contributed by atoms with E-state index in [2.05, 4.69) is 20.5 Å². The highest BCUT2D eigenvalue weighted by Gasteiger charge is 2.31. The number of carbonyl (C=O) groups is 1. The Labute approximate surface area is 148 Å². The number of aromatic amines is 1. The molecule has 2 N–H and O–H groups in total. The predicted octanol–water partition coefficient (Wildman–Crippen LogP) is 2.94. The molecule has 1 atom stereocenters. The fourth-order valence-electron chi connectivity index (χ4n) is 3.49. The molecule has 2 aromatic heterocycles. The fourth-order valence-corrected chi connectivity index (χ4v) is 3.49. The van der Waals surface area contributed by atoms with Crippen LogP contribution in [0.4, 0.5) is 14.6 Å². The molecule has 3 heterocycles. The smallest absolute Gasteiger partial charge is 0.252 e. The van der Waals surface area contributed by atoms with Gasteiger partial charge in [0.25, 0.3) is 5.91 Å². The maximum atomic E-state index is 14.3. The van der Waals surface area contributed by atoms with Gasteiger partial charge >= 0.3 is 0 Å². The lowest BCUT2D eigenvalue weighted by molar-refractivity contribution is 0.0963. The highest BCUT2D eigenvalue weighted by molar-refractivity contribution is 5.99. The molecule has 1 amide bonds. The normalized spacial score (nSPS) is 17.0. The summed E-state index contributed by atoms with van der Waals surface area (Å²) in [5.74, 6) is -0.568. The fraction of sp³-hybridized carbons (Fsp3) is 0.278. The van der Waals surface area contributed by atoms with Gasteiger partial charge in [0.2, 0.25) is 0 Å². The van der Waals surface area contributed by atoms with E-state index in [0.717, 1.165) is 18.6 Å². The molecule has 1 aliphatic rings. The molecule has 1 fully saturated rings. The van der Waals surface area contributed by atoms with Gasteiger partial charge < -0.3 is 10.2 Å². The molecule has 0 radical (unpaired) electrons. The van der Waals surface area contributed by atoms with Gasteiger partial charge in [0.05, 0.1) is 17.0 Å². The summed E-state index contributed by atoms with van der Waals surface area (Å²) < 4.78 is 27.9. The van der Waals surface area contributed by atoms with Crippen LogP contribution in [-0.2, 0) is 0 Å². The van der Waals surface area contributed by atoms with Gasteiger partial charge in [-0.1, -0.05) is 0 Å². The first-order valence-corrected chi connectivity index (χ1v) is 8.36. The van der Waals surface area contributed by atoms with E-state index < -0.39 is 11.6 Å². The van der Waals surface area contributed by atoms with E-state index in [-0.39, 0.29) is 11.9 Å². The second kappa shape index (κ2) is 6.36. The van der Waals surface area contributed by atoms with Gasteiger partial charge in [-0.05, 0) is 37.1 Å². The minimum absolute atomic E-state index is 0.249. The summed E-state index contributed by atoms with van der Waals surface area (Å²) in [5.41, 5.74) is 1.27. The second-order valence-corrected chi connectivity index (χ2v) is 6.26. The van der Waals surface area contributed by atoms with E-state index in [1.807, 2.05) is 4.90 Å². The van der Waals surface area contributed by atoms with Gasteiger partial charge in [-0.2, -0.15) is 5.10 Å². The number of aromatic nitrogens is 3. The highest BCUT2D eigenvalue weighted by atomic mass is 19.1. The summed E-state index contributed by atoms with van der Waals surface area (Å²) in [6.07, 6.45) is 2.99. The second-order valence-electron chi connectivity index (χ2n) is 6.26. The first kappa shape index (κ1) is 16.4. The average molecular weight is 357 g/mol. The van der Waals surface area contributed by atoms with Gasteiger partial charge in [-0.15, -0.1) is 0 Å². The summed E-state index contributed by atoms with van der Waals surface area (Å²) >= 11 is 0. The molecule has 4 rings (SSSR count). The lowest BCUT2D eigenvalue weighted by Gasteiger charge is -2.25. The Hall–Kier alpha value is -3.03. The van der Waals surface area contributed by atoms with Crippen molar-refractivity contribution in [1.29, 1.82) is 0 Å². The SMILES string of the molecule is CNC(=O)c1cnc2[nH]nc(N3CCCC3c3cc(F)ccc3F)c2c1. The molecule has 134 valence electrons. The van der Waals surface area contributed by atoms with Crippen LogP contribution >= 0.6 is 0 Å². The van der Waals surface area contributed by atoms with Crippen molar-refractivity contribution in [2.45, 2.75) is 18.9 Å². The third kappa shape index (κ3) is 2.67. The molecular weight excluding hydrogens is 340 g/mol. The molecule has 1 aromatic carbocycles. The Balaban J connectivity index is 1.78. The molecule has 3 aromatic rings. The van der Waals surface area contributed by atoms with E-state index in [9.17, 15) is 13.6 Å². The van der Waals surface area contributed by atoms with Crippen LogP contribution in [0.1, 0.15) is 34.8 Å². The standard InChI is InChI=1S/C18H17F2N5O/c1-21-18(26)10-7-13-16(22-9-10)23-24-17(13)25-6-2-3-15(25)12-8-11(19)4-5-14(12)20/h4-5,7-9,15H,2-3,6H2,1H3,(H,21,26)(H,22,23,24). The number of nitrogens with zero attached hydrogens (tertiary/aromatic N) is 3. The van der Waals surface area contributed by atoms with Crippen molar-refractivity contribution >= 4 is 22.8 Å². The lowest BCUT2D eigenvalue weighted by atomic mass is 10.0. The number of hydrogen-bond donors (Lipinski definition) is 2. The largest absolute Gasteiger partial charge is 0.355 e. The van der Waals surface area contributed by atoms with Gasteiger partial charge in [-0.3, -0.25) is 9.89 Å². The third-order valence-electron chi connectivity index (χ3n) is 4.73. The maximum absolute atomic E-state index is 14.3. The molecule has 6 nitrogen and oxygen atoms in total. The Morgan fingerprint density at radius 2 is 2.19 bits per heavy atom. The van der Waals surface area contributed by atoms with Crippen LogP contribution in [0.3, 0.4) is 0 Å². The number of carbonyl (C=O) groups excluding carboxylic acids is 1. The van der Waals surface area contributed by atoms with Crippen molar-refractivity contribution in [2.24, 2.45) is 0 Å². The van der Waals surface area contributed by atoms with Gasteiger partial charge in [-0.25, -0.2) is 13.8 Å². The van der Waals surface area contributed by atoms with Crippen LogP contribution in [0.2, 0.25) is 0 Å². The van der Waals surface area contributed by atoms with E-state index >= 15 is 0 Å². The van der Waals surface area contributed by atoms with Crippen molar-refractivity contribution in [3.63, 3.8) is 0 Å². The van der Waals surface area contributed by atoms with Crippen LogP contribution in [0.5, 0.6) is 0 Å². The van der Waals surface area contributed by atoms with Crippen molar-refractivity contribution in [1.82, 2.24) is 20.5 Å². The Kier molecular flexibility index (Phi) is 4.02. The van der Waals surface area contributed by atoms with Crippen LogP contribution in [-0.4, -0.2) is 34.7 Å². The molecule has 1 saturated heterocycles. The molecule has 0 saturated carbocycles. The number of anilines is 1. The summed E-state index contributed by atoms with van der Waals surface area (Å²) in [5, 5.41) is 10.4. The zero-order chi connectivity index (χ0) is 18.3. The number of H-pyrrole nitrogens is 1. The molecule has 1 aliphatic heterocycles. The van der Waals surface area contributed by atoms with Crippen molar-refractivity contribution in [3.05, 3.63) is 53.2 Å². The van der Waals surface area contributed by atoms with Crippen LogP contribution in [0, 0.1) is 11.6 Å². The van der Waals surface area contributed by atoms with Gasteiger partial charge in [0.1, 0.15) is 11.6 Å². The zero-order valence-corrected chi connectivity index (χ0v) is 14.1. The number of rotatable bonds is 3. The minimum Gasteiger partial charge on any atom is -0.355 e. The number of nitrogens with one attached hydrogen (secondary N) is 2. The topological polar surface area (TPSA) is 73.9 Å². The van der Waals surface area contributed by atoms with Crippen LogP contribution in [0.25, 0.3) is 11.0 Å². The molecule has 0 bridgehead atoms. The molecule has 8 heteroatoms. The highest BCUT2D eigenvalue weighted by Crippen LogP contribution is 2.39. The van der Waals surface area contributed by atoms with E-state index in [1.54, 1.807) is 13.1 Å². The summed E-state index contributed by atoms with van der Waals surface area (Å²) in [4.78, 5) is 18.1. The van der Waals surface area contributed by atoms with Crippen molar-refractivity contribution < 1.29 is 13.6 Å². The Morgan fingerprint density at radius 3 is 3.00 bits per heavy atom. The summed E-state index contributed by atoms with van der Waals surface area (Å²) in [7, 11) is 1.55. The predicted molar refractivity (Wildman–Crippen MR) is 93.0 cm³/mol. The molecule has 0 aliphatic carbocycles. The first-order chi connectivity index (χ1) is 12.6. The van der Waals surface area contributed by atoms with Gasteiger partial charge in [0.15, 0.2) is 11.5 Å². The number of hydrogen-bond acceptors (Lipinski definition) is 4. The van der Waals surface area contributed by atoms with Gasteiger partial charge in [0, 0.05) is 25.4 Å². The molecule has 1 unspecified atom stereocenters. The van der Waals surface area contributed by atoms with Crippen molar-refractivity contribution in [3.8, 4) is 0 Å². The lowest BCUT2D eigenvalue weighted by Crippen LogP contribution is -2.24. The number of fused-ring (bicyclic) bond motifs is 1. The molecular formula is C18H17F2N5O. The molecule has 26 heavy (non-hydrogen) atoms. The summed E-state index contributed by atoms with van der Waals surface area (Å²) in [6, 6.07) is 4.89. The van der Waals surface area contributed by atoms with Crippen LogP contribution in [0.15, 0.2) is 30.5 Å². The Bertz CT molecular complexity index is 987. The third-order valence-corrected chi connectivity index (χ3v) is 4.73. The zero-order valence-electron chi connectivity index (χ0n) is 14.1. The number of pyridine rings is 1. The van der Waals surface area contributed by atoms with E-state index in [4.69, 9.17) is 0 Å². The molecule has 0 spiro atoms. The quantitative estimate of drug-likeness (QED) is 0.756. The Morgan fingerprint density at radius 1 is 1.35 bits per heavy atom. The van der Waals surface area contributed by atoms with Crippen LogP contribution < -0.4 is 10.2 Å². The van der Waals surface area contributed by atoms with Crippen molar-refractivity contribution in [2.75, 3.05) is 18.5 Å². The summed E-state index contributed by atoms with van der Waals surface area (Å²) in [6.45, 7) is 0.658. The number of benzene rings is 1. The monoisotopic (exact) mass is 357 g/mol. The van der Waals surface area contributed by atoms with E-state index in [1.165, 1.54) is 12.3 Å². The minimum atomic E-state index is -0.469. The maximum Gasteiger partial charge on any atom is 0.252 e. The van der Waals surface area contributed by atoms with E-state index in [0.29, 0.717) is 40.9 Å². The number of halogens is 2. The first-order valence-electron chi connectivity index (χ1n) is 8.36. The number of amides is 1. The average Bonchev–Trinajstić information content (AvgIpc) is 3.28.